The van der Waals surface area contributed by atoms with Crippen LogP contribution in [0.15, 0.2) is 60.8 Å². The molecule has 1 fully saturated rings. The molecule has 4 aromatic rings. The van der Waals surface area contributed by atoms with Crippen molar-refractivity contribution in [3.63, 3.8) is 0 Å². The number of ketones is 1. The molecule has 1 saturated carbocycles. The van der Waals surface area contributed by atoms with Crippen LogP contribution in [0.4, 0.5) is 14.5 Å². The van der Waals surface area contributed by atoms with E-state index in [1.807, 2.05) is 18.2 Å². The van der Waals surface area contributed by atoms with Crippen LogP contribution in [0.2, 0.25) is 0 Å². The van der Waals surface area contributed by atoms with E-state index < -0.39 is 11.6 Å². The summed E-state index contributed by atoms with van der Waals surface area (Å²) in [5.41, 5.74) is 5.31. The topological polar surface area (TPSA) is 46.9 Å². The predicted octanol–water partition coefficient (Wildman–Crippen LogP) is 7.66. The van der Waals surface area contributed by atoms with Crippen molar-refractivity contribution in [3.05, 3.63) is 94.9 Å². The minimum atomic E-state index is -0.887. The van der Waals surface area contributed by atoms with Gasteiger partial charge in [-0.3, -0.25) is 9.78 Å². The maximum absolute atomic E-state index is 13.7. The van der Waals surface area contributed by atoms with Crippen LogP contribution in [0.1, 0.15) is 79.2 Å². The summed E-state index contributed by atoms with van der Waals surface area (Å²) in [4.78, 5) is 18.3. The molecule has 4 nitrogen and oxygen atoms in total. The largest absolute Gasteiger partial charge is 0.382 e. The zero-order valence-electron chi connectivity index (χ0n) is 21.4. The van der Waals surface area contributed by atoms with Crippen molar-refractivity contribution < 1.29 is 13.6 Å². The van der Waals surface area contributed by atoms with Crippen LogP contribution in [0.5, 0.6) is 0 Å². The molecule has 0 bridgehead atoms. The molecule has 6 heteroatoms. The van der Waals surface area contributed by atoms with Crippen LogP contribution in [0.25, 0.3) is 10.9 Å². The van der Waals surface area contributed by atoms with E-state index in [2.05, 4.69) is 46.9 Å². The number of fused-ring (bicyclic) bond motifs is 1. The number of nitrogens with zero attached hydrogens (tertiary/aromatic N) is 2. The normalized spacial score (nSPS) is 14.1. The van der Waals surface area contributed by atoms with Gasteiger partial charge >= 0.3 is 0 Å². The minimum absolute atomic E-state index is 0.00899. The van der Waals surface area contributed by atoms with Gasteiger partial charge in [0.2, 0.25) is 0 Å². The number of carbonyl (C=O) groups is 1. The Morgan fingerprint density at radius 3 is 2.57 bits per heavy atom. The second-order valence-electron chi connectivity index (χ2n) is 10.4. The number of hydrogen-bond donors (Lipinski definition) is 1. The number of Topliss-reactive ketones (excluding diaryl/α,β-unsaturated/α-hetero) is 1. The zero-order chi connectivity index (χ0) is 25.9. The molecular formula is C31H33F2N3O. The first-order valence-corrected chi connectivity index (χ1v) is 13.2. The number of nitrogens with one attached hydrogen (secondary N) is 1. The highest BCUT2D eigenvalue weighted by atomic mass is 19.2. The molecule has 1 N–H and O–H groups in total. The van der Waals surface area contributed by atoms with E-state index in [1.165, 1.54) is 31.7 Å². The molecule has 37 heavy (non-hydrogen) atoms. The lowest BCUT2D eigenvalue weighted by atomic mass is 9.96. The molecule has 2 heterocycles. The number of pyridine rings is 1. The number of aryl methyl sites for hydroxylation is 1. The van der Waals surface area contributed by atoms with E-state index in [9.17, 15) is 13.6 Å². The molecule has 0 unspecified atom stereocenters. The average Bonchev–Trinajstić information content (AvgIpc) is 3.51. The van der Waals surface area contributed by atoms with E-state index in [-0.39, 0.29) is 18.1 Å². The Kier molecular flexibility index (Phi) is 7.36. The van der Waals surface area contributed by atoms with Crippen LogP contribution in [0, 0.1) is 11.6 Å². The Morgan fingerprint density at radius 2 is 1.86 bits per heavy atom. The molecule has 0 atom stereocenters. The highest BCUT2D eigenvalue weighted by molar-refractivity contribution is 6.10. The van der Waals surface area contributed by atoms with E-state index >= 15 is 0 Å². The number of rotatable bonds is 9. The third-order valence-corrected chi connectivity index (χ3v) is 7.33. The van der Waals surface area contributed by atoms with Crippen LogP contribution in [0.3, 0.4) is 0 Å². The standard InChI is InChI=1S/C31H33F2N3O/c1-20(2)31-30(29(37)15-11-21-10-14-26(32)27(33)17-21)25-13-12-23(35-22-7-3-4-8-22)18-28(25)36(31)19-24-9-5-6-16-34-24/h5-6,9-10,12-14,16-18,20,22,35H,3-4,7-8,11,15,19H2,1-2H3. The smallest absolute Gasteiger partial charge is 0.165 e. The summed E-state index contributed by atoms with van der Waals surface area (Å²) >= 11 is 0. The molecule has 5 rings (SSSR count). The van der Waals surface area contributed by atoms with Gasteiger partial charge in [0.1, 0.15) is 0 Å². The molecule has 0 amide bonds. The lowest BCUT2D eigenvalue weighted by molar-refractivity contribution is 0.0982. The summed E-state index contributed by atoms with van der Waals surface area (Å²) in [7, 11) is 0. The summed E-state index contributed by atoms with van der Waals surface area (Å²) in [6.07, 6.45) is 7.22. The van der Waals surface area contributed by atoms with Crippen molar-refractivity contribution in [3.8, 4) is 0 Å². The molecule has 1 aliphatic rings. The summed E-state index contributed by atoms with van der Waals surface area (Å²) in [5, 5.41) is 4.61. The molecule has 2 aromatic heterocycles. The highest BCUT2D eigenvalue weighted by Crippen LogP contribution is 2.35. The zero-order valence-corrected chi connectivity index (χ0v) is 21.4. The van der Waals surface area contributed by atoms with E-state index in [0.29, 0.717) is 24.6 Å². The first-order chi connectivity index (χ1) is 17.9. The van der Waals surface area contributed by atoms with Crippen LogP contribution in [-0.2, 0) is 13.0 Å². The molecule has 0 radical (unpaired) electrons. The summed E-state index contributed by atoms with van der Waals surface area (Å²) < 4.78 is 29.3. The third-order valence-electron chi connectivity index (χ3n) is 7.33. The van der Waals surface area contributed by atoms with Gasteiger partial charge in [-0.25, -0.2) is 8.78 Å². The number of carbonyl (C=O) groups excluding carboxylic acids is 1. The van der Waals surface area contributed by atoms with Gasteiger partial charge in [-0.1, -0.05) is 44.9 Å². The van der Waals surface area contributed by atoms with E-state index in [0.717, 1.165) is 39.6 Å². The number of benzene rings is 2. The predicted molar refractivity (Wildman–Crippen MR) is 144 cm³/mol. The minimum Gasteiger partial charge on any atom is -0.382 e. The van der Waals surface area contributed by atoms with Crippen molar-refractivity contribution in [1.29, 1.82) is 0 Å². The quantitative estimate of drug-likeness (QED) is 0.240. The van der Waals surface area contributed by atoms with Gasteiger partial charge in [0.05, 0.1) is 17.8 Å². The van der Waals surface area contributed by atoms with Gasteiger partial charge in [-0.2, -0.15) is 0 Å². The van der Waals surface area contributed by atoms with Crippen LogP contribution >= 0.6 is 0 Å². The highest BCUT2D eigenvalue weighted by Gasteiger charge is 2.25. The Bertz CT molecular complexity index is 1410. The fourth-order valence-corrected chi connectivity index (χ4v) is 5.56. The molecule has 2 aromatic carbocycles. The van der Waals surface area contributed by atoms with Gasteiger partial charge in [0, 0.05) is 41.0 Å². The lowest BCUT2D eigenvalue weighted by Crippen LogP contribution is -2.14. The van der Waals surface area contributed by atoms with E-state index in [1.54, 1.807) is 12.3 Å². The molecular weight excluding hydrogens is 468 g/mol. The number of halogens is 2. The monoisotopic (exact) mass is 501 g/mol. The van der Waals surface area contributed by atoms with Gasteiger partial charge in [-0.05, 0) is 67.1 Å². The van der Waals surface area contributed by atoms with Crippen molar-refractivity contribution >= 4 is 22.4 Å². The van der Waals surface area contributed by atoms with Crippen molar-refractivity contribution in [1.82, 2.24) is 9.55 Å². The number of hydrogen-bond acceptors (Lipinski definition) is 3. The van der Waals surface area contributed by atoms with Crippen molar-refractivity contribution in [2.75, 3.05) is 5.32 Å². The third kappa shape index (κ3) is 5.43. The Balaban J connectivity index is 1.55. The average molecular weight is 502 g/mol. The Hall–Kier alpha value is -3.54. The summed E-state index contributed by atoms with van der Waals surface area (Å²) in [6.45, 7) is 4.77. The number of anilines is 1. The first-order valence-electron chi connectivity index (χ1n) is 13.2. The second-order valence-corrected chi connectivity index (χ2v) is 10.4. The molecule has 0 aliphatic heterocycles. The van der Waals surface area contributed by atoms with E-state index in [4.69, 9.17) is 0 Å². The fraction of sp³-hybridized carbons (Fsp3) is 0.355. The van der Waals surface area contributed by atoms with Gasteiger partial charge in [-0.15, -0.1) is 0 Å². The summed E-state index contributed by atoms with van der Waals surface area (Å²) in [5.74, 6) is -1.65. The maximum Gasteiger partial charge on any atom is 0.165 e. The van der Waals surface area contributed by atoms with Gasteiger partial charge in [0.15, 0.2) is 17.4 Å². The van der Waals surface area contributed by atoms with Gasteiger partial charge < -0.3 is 9.88 Å². The Morgan fingerprint density at radius 1 is 1.05 bits per heavy atom. The number of aromatic nitrogens is 2. The Labute approximate surface area is 216 Å². The molecule has 0 spiro atoms. The lowest BCUT2D eigenvalue weighted by Gasteiger charge is -2.16. The molecule has 0 saturated heterocycles. The summed E-state index contributed by atoms with van der Waals surface area (Å²) in [6, 6.07) is 16.5. The maximum atomic E-state index is 13.7. The second kappa shape index (κ2) is 10.8. The van der Waals surface area contributed by atoms with Gasteiger partial charge in [0.25, 0.3) is 0 Å². The van der Waals surface area contributed by atoms with Crippen LogP contribution in [-0.4, -0.2) is 21.4 Å². The molecule has 192 valence electrons. The first kappa shape index (κ1) is 25.1. The fourth-order valence-electron chi connectivity index (χ4n) is 5.56. The van der Waals surface area contributed by atoms with Crippen molar-refractivity contribution in [2.45, 2.75) is 70.9 Å². The van der Waals surface area contributed by atoms with Crippen molar-refractivity contribution in [2.24, 2.45) is 0 Å². The molecule has 1 aliphatic carbocycles. The SMILES string of the molecule is CC(C)c1c(C(=O)CCc2ccc(F)c(F)c2)c2ccc(NC3CCCC3)cc2n1Cc1ccccn1. The van der Waals surface area contributed by atoms with Crippen LogP contribution < -0.4 is 5.32 Å².